The molecule has 2 atom stereocenters. The summed E-state index contributed by atoms with van der Waals surface area (Å²) in [5.74, 6) is -0.318. The van der Waals surface area contributed by atoms with Gasteiger partial charge in [-0.05, 0) is 68.7 Å². The van der Waals surface area contributed by atoms with Crippen molar-refractivity contribution in [3.05, 3.63) is 11.6 Å². The van der Waals surface area contributed by atoms with E-state index in [0.29, 0.717) is 12.8 Å². The second-order valence-corrected chi connectivity index (χ2v) is 27.2. The van der Waals surface area contributed by atoms with Crippen molar-refractivity contribution in [2.75, 3.05) is 7.11 Å². The van der Waals surface area contributed by atoms with Gasteiger partial charge in [0.15, 0.2) is 25.0 Å². The highest BCUT2D eigenvalue weighted by Gasteiger charge is 2.49. The largest absolute Gasteiger partial charge is 0.466 e. The van der Waals surface area contributed by atoms with Crippen molar-refractivity contribution in [1.82, 2.24) is 0 Å². The number of carbonyl (C=O) groups excluding carboxylic acids is 1. The lowest BCUT2D eigenvalue weighted by molar-refractivity contribution is -0.135. The second kappa shape index (κ2) is 10.2. The standard InChI is InChI=1S/C24H50O5Si3/c1-23(2,3)31(11,12)27-19-15-18(17-21(25)26-7)16-20(22(19)29-30(8,9)10)28-32(13,14)24(4,5)6/h17,19-20,22H,15-16H2,1-14H3. The van der Waals surface area contributed by atoms with Crippen LogP contribution in [0.1, 0.15) is 54.4 Å². The van der Waals surface area contributed by atoms with Gasteiger partial charge < -0.3 is 18.0 Å². The quantitative estimate of drug-likeness (QED) is 0.216. The van der Waals surface area contributed by atoms with Gasteiger partial charge in [-0.15, -0.1) is 0 Å². The molecule has 1 saturated carbocycles. The van der Waals surface area contributed by atoms with Gasteiger partial charge in [0.05, 0.1) is 25.4 Å². The second-order valence-electron chi connectivity index (χ2n) is 13.3. The Labute approximate surface area is 201 Å². The third kappa shape index (κ3) is 8.20. The zero-order chi connectivity index (χ0) is 25.3. The van der Waals surface area contributed by atoms with E-state index in [0.717, 1.165) is 5.57 Å². The van der Waals surface area contributed by atoms with Gasteiger partial charge in [0, 0.05) is 6.08 Å². The monoisotopic (exact) mass is 502 g/mol. The van der Waals surface area contributed by atoms with Gasteiger partial charge in [0.1, 0.15) is 0 Å². The average Bonchev–Trinajstić information content (AvgIpc) is 2.54. The first-order chi connectivity index (χ1) is 14.1. The summed E-state index contributed by atoms with van der Waals surface area (Å²) in [6, 6.07) is 0. The number of carbonyl (C=O) groups is 1. The molecule has 1 aliphatic rings. The maximum absolute atomic E-state index is 12.1. The lowest BCUT2D eigenvalue weighted by Crippen LogP contribution is -2.58. The summed E-state index contributed by atoms with van der Waals surface area (Å²) in [5.41, 5.74) is 1.03. The Morgan fingerprint density at radius 2 is 1.16 bits per heavy atom. The van der Waals surface area contributed by atoms with Crippen molar-refractivity contribution in [2.45, 2.75) is 129 Å². The summed E-state index contributed by atoms with van der Waals surface area (Å²) >= 11 is 0. The zero-order valence-electron chi connectivity index (χ0n) is 23.3. The van der Waals surface area contributed by atoms with E-state index in [1.165, 1.54) is 7.11 Å². The van der Waals surface area contributed by atoms with E-state index in [4.69, 9.17) is 18.0 Å². The van der Waals surface area contributed by atoms with E-state index < -0.39 is 25.0 Å². The number of ether oxygens (including phenoxy) is 1. The predicted molar refractivity (Wildman–Crippen MR) is 142 cm³/mol. The van der Waals surface area contributed by atoms with Gasteiger partial charge in [-0.25, -0.2) is 4.79 Å². The Morgan fingerprint density at radius 1 is 0.781 bits per heavy atom. The minimum atomic E-state index is -2.06. The summed E-state index contributed by atoms with van der Waals surface area (Å²) in [4.78, 5) is 12.1. The van der Waals surface area contributed by atoms with Gasteiger partial charge >= 0.3 is 5.97 Å². The molecule has 1 fully saturated rings. The third-order valence-electron chi connectivity index (χ3n) is 7.18. The molecule has 0 aromatic carbocycles. The van der Waals surface area contributed by atoms with Crippen LogP contribution in [0.5, 0.6) is 0 Å². The van der Waals surface area contributed by atoms with Crippen molar-refractivity contribution in [2.24, 2.45) is 0 Å². The Hall–Kier alpha value is -0.259. The van der Waals surface area contributed by atoms with Gasteiger partial charge in [0.25, 0.3) is 0 Å². The maximum atomic E-state index is 12.1. The first-order valence-corrected chi connectivity index (χ1v) is 21.1. The van der Waals surface area contributed by atoms with Crippen molar-refractivity contribution >= 4 is 30.9 Å². The van der Waals surface area contributed by atoms with Gasteiger partial charge in [-0.2, -0.15) is 0 Å². The summed E-state index contributed by atoms with van der Waals surface area (Å²) in [7, 11) is -4.58. The van der Waals surface area contributed by atoms with Crippen LogP contribution >= 0.6 is 0 Å². The molecule has 1 aliphatic carbocycles. The Kier molecular flexibility index (Phi) is 9.45. The molecule has 0 amide bonds. The number of esters is 1. The molecule has 0 heterocycles. The summed E-state index contributed by atoms with van der Waals surface area (Å²) < 4.78 is 25.6. The van der Waals surface area contributed by atoms with E-state index in [1.54, 1.807) is 6.08 Å². The van der Waals surface area contributed by atoms with E-state index in [1.807, 2.05) is 0 Å². The number of hydrogen-bond donors (Lipinski definition) is 0. The fourth-order valence-corrected chi connectivity index (χ4v) is 7.08. The topological polar surface area (TPSA) is 54.0 Å². The Morgan fingerprint density at radius 3 is 1.44 bits per heavy atom. The first-order valence-electron chi connectivity index (χ1n) is 11.9. The Bertz CT molecular complexity index is 641. The molecule has 0 radical (unpaired) electrons. The fraction of sp³-hybridized carbons (Fsp3) is 0.875. The van der Waals surface area contributed by atoms with Gasteiger partial charge in [0.2, 0.25) is 0 Å². The lowest BCUT2D eigenvalue weighted by atomic mass is 9.87. The minimum absolute atomic E-state index is 0.0795. The molecular weight excluding hydrogens is 453 g/mol. The highest BCUT2D eigenvalue weighted by atomic mass is 28.4. The van der Waals surface area contributed by atoms with Crippen LogP contribution in [0, 0.1) is 0 Å². The van der Waals surface area contributed by atoms with Crippen LogP contribution in [0.3, 0.4) is 0 Å². The average molecular weight is 503 g/mol. The highest BCUT2D eigenvalue weighted by Crippen LogP contribution is 2.44. The maximum Gasteiger partial charge on any atom is 0.330 e. The predicted octanol–water partition coefficient (Wildman–Crippen LogP) is 6.88. The Balaban J connectivity index is 3.48. The van der Waals surface area contributed by atoms with Crippen LogP contribution in [0.15, 0.2) is 11.6 Å². The molecule has 2 unspecified atom stereocenters. The van der Waals surface area contributed by atoms with Crippen LogP contribution in [-0.4, -0.2) is 56.3 Å². The molecule has 0 N–H and O–H groups in total. The summed E-state index contributed by atoms with van der Waals surface area (Å²) in [6.45, 7) is 29.3. The van der Waals surface area contributed by atoms with E-state index in [2.05, 4.69) is 87.4 Å². The number of hydrogen-bond acceptors (Lipinski definition) is 5. The molecule has 32 heavy (non-hydrogen) atoms. The lowest BCUT2D eigenvalue weighted by Gasteiger charge is -2.49. The van der Waals surface area contributed by atoms with E-state index in [9.17, 15) is 4.79 Å². The molecule has 0 spiro atoms. The molecule has 8 heteroatoms. The molecule has 0 aromatic heterocycles. The van der Waals surface area contributed by atoms with Crippen molar-refractivity contribution in [3.8, 4) is 0 Å². The van der Waals surface area contributed by atoms with Crippen LogP contribution in [0.25, 0.3) is 0 Å². The molecule has 0 bridgehead atoms. The summed E-state index contributed by atoms with van der Waals surface area (Å²) in [5, 5.41) is 0.159. The molecule has 188 valence electrons. The third-order valence-corrected chi connectivity index (χ3v) is 17.2. The molecule has 1 rings (SSSR count). The van der Waals surface area contributed by atoms with Crippen molar-refractivity contribution < 1.29 is 22.8 Å². The highest BCUT2D eigenvalue weighted by molar-refractivity contribution is 6.74. The SMILES string of the molecule is COC(=O)C=C1CC(O[Si](C)(C)C(C)(C)C)C(O[Si](C)(C)C)C(O[Si](C)(C)C(C)(C)C)C1. The van der Waals surface area contributed by atoms with Crippen LogP contribution < -0.4 is 0 Å². The van der Waals surface area contributed by atoms with Crippen molar-refractivity contribution in [3.63, 3.8) is 0 Å². The van der Waals surface area contributed by atoms with Crippen LogP contribution in [0.4, 0.5) is 0 Å². The smallest absolute Gasteiger partial charge is 0.330 e. The normalized spacial score (nSPS) is 23.8. The molecule has 0 aliphatic heterocycles. The number of methoxy groups -OCH3 is 1. The molecule has 5 nitrogen and oxygen atoms in total. The molecular formula is C24H50O5Si3. The van der Waals surface area contributed by atoms with Crippen LogP contribution in [-0.2, 0) is 22.8 Å². The molecule has 0 aromatic rings. The first kappa shape index (κ1) is 29.8. The van der Waals surface area contributed by atoms with Crippen LogP contribution in [0.2, 0.25) is 55.9 Å². The zero-order valence-corrected chi connectivity index (χ0v) is 26.3. The van der Waals surface area contributed by atoms with E-state index in [-0.39, 0.29) is 34.4 Å². The minimum Gasteiger partial charge on any atom is -0.466 e. The van der Waals surface area contributed by atoms with Gasteiger partial charge in [-0.1, -0.05) is 47.1 Å². The fourth-order valence-electron chi connectivity index (χ4n) is 3.30. The summed E-state index contributed by atoms with van der Waals surface area (Å²) in [6.07, 6.45) is 2.57. The van der Waals surface area contributed by atoms with Gasteiger partial charge in [-0.3, -0.25) is 0 Å². The number of rotatable bonds is 7. The van der Waals surface area contributed by atoms with Crippen molar-refractivity contribution in [1.29, 1.82) is 0 Å². The molecule has 0 saturated heterocycles. The van der Waals surface area contributed by atoms with E-state index >= 15 is 0 Å².